The minimum Gasteiger partial charge on any atom is -0.457 e. The first-order chi connectivity index (χ1) is 9.79. The van der Waals surface area contributed by atoms with Crippen LogP contribution in [0.15, 0.2) is 24.8 Å². The number of rotatable bonds is 6. The average Bonchev–Trinajstić information content (AvgIpc) is 2.42. The predicted octanol–water partition coefficient (Wildman–Crippen LogP) is 1.64. The molecule has 0 spiro atoms. The van der Waals surface area contributed by atoms with Crippen LogP contribution in [-0.2, 0) is 16.1 Å². The van der Waals surface area contributed by atoms with Crippen LogP contribution in [0.4, 0.5) is 17.1 Å². The summed E-state index contributed by atoms with van der Waals surface area (Å²) in [5, 5.41) is 32.5. The summed E-state index contributed by atoms with van der Waals surface area (Å²) in [7, 11) is 0. The maximum atomic E-state index is 11.0. The Bertz CT molecular complexity index is 654. The van der Waals surface area contributed by atoms with Crippen molar-refractivity contribution in [1.82, 2.24) is 0 Å². The van der Waals surface area contributed by atoms with E-state index in [2.05, 4.69) is 11.3 Å². The van der Waals surface area contributed by atoms with Gasteiger partial charge in [-0.1, -0.05) is 6.58 Å². The zero-order chi connectivity index (χ0) is 16.2. The molecule has 0 saturated heterocycles. The molecule has 0 aromatic heterocycles. The number of carbonyl (C=O) groups is 1. The van der Waals surface area contributed by atoms with Gasteiger partial charge in [0.25, 0.3) is 0 Å². The predicted molar refractivity (Wildman–Crippen MR) is 66.4 cm³/mol. The van der Waals surface area contributed by atoms with Crippen molar-refractivity contribution < 1.29 is 24.3 Å². The number of ether oxygens (including phenoxy) is 1. The van der Waals surface area contributed by atoms with Crippen LogP contribution in [0.2, 0.25) is 0 Å². The fraction of sp³-hybridized carbons (Fsp3) is 0.100. The molecule has 0 aliphatic heterocycles. The first-order valence-electron chi connectivity index (χ1n) is 5.17. The molecule has 0 fully saturated rings. The van der Waals surface area contributed by atoms with E-state index in [1.165, 1.54) is 0 Å². The molecule has 0 saturated carbocycles. The summed E-state index contributed by atoms with van der Waals surface area (Å²) in [4.78, 5) is 40.0. The van der Waals surface area contributed by atoms with Crippen molar-refractivity contribution in [2.24, 2.45) is 0 Å². The van der Waals surface area contributed by atoms with E-state index in [1.54, 1.807) is 0 Å². The monoisotopic (exact) mass is 297 g/mol. The average molecular weight is 297 g/mol. The van der Waals surface area contributed by atoms with Crippen molar-refractivity contribution in [2.75, 3.05) is 0 Å². The van der Waals surface area contributed by atoms with Crippen LogP contribution in [0.5, 0.6) is 0 Å². The second kappa shape index (κ2) is 6.18. The summed E-state index contributed by atoms with van der Waals surface area (Å²) in [6, 6.07) is 1.65. The van der Waals surface area contributed by atoms with Crippen molar-refractivity contribution in [2.45, 2.75) is 6.61 Å². The Morgan fingerprint density at radius 1 is 1.10 bits per heavy atom. The lowest BCUT2D eigenvalue weighted by atomic mass is 10.1. The van der Waals surface area contributed by atoms with E-state index in [4.69, 9.17) is 0 Å². The molecule has 0 atom stereocenters. The third-order valence-electron chi connectivity index (χ3n) is 2.31. The number of benzene rings is 1. The highest BCUT2D eigenvalue weighted by Gasteiger charge is 2.38. The number of hydrogen-bond acceptors (Lipinski definition) is 8. The minimum absolute atomic E-state index is 0.340. The first-order valence-corrected chi connectivity index (χ1v) is 5.17. The number of nitrogens with zero attached hydrogens (tertiary/aromatic N) is 3. The van der Waals surface area contributed by atoms with Gasteiger partial charge in [-0.25, -0.2) is 4.79 Å². The van der Waals surface area contributed by atoms with Gasteiger partial charge in [0.1, 0.15) is 6.61 Å². The largest absolute Gasteiger partial charge is 0.457 e. The quantitative estimate of drug-likeness (QED) is 0.332. The standard InChI is InChI=1S/C10H7N3O8/c1-2-8(14)21-5-6-3-4-7(11(15)16)10(13(19)20)9(6)12(17)18/h2-4H,1,5H2. The third-order valence-corrected chi connectivity index (χ3v) is 2.31. The number of nitro benzene ring substituents is 3. The maximum absolute atomic E-state index is 11.0. The van der Waals surface area contributed by atoms with Gasteiger partial charge in [-0.2, -0.15) is 0 Å². The highest BCUT2D eigenvalue weighted by atomic mass is 16.6. The highest BCUT2D eigenvalue weighted by Crippen LogP contribution is 2.39. The fourth-order valence-electron chi connectivity index (χ4n) is 1.47. The second-order valence-electron chi connectivity index (χ2n) is 3.52. The van der Waals surface area contributed by atoms with Crippen LogP contribution in [-0.4, -0.2) is 20.7 Å². The summed E-state index contributed by atoms with van der Waals surface area (Å²) < 4.78 is 4.55. The Hall–Kier alpha value is -3.37. The molecular formula is C10H7N3O8. The number of hydrogen-bond donors (Lipinski definition) is 0. The van der Waals surface area contributed by atoms with E-state index < -0.39 is 44.4 Å². The Morgan fingerprint density at radius 2 is 1.67 bits per heavy atom. The van der Waals surface area contributed by atoms with Crippen molar-refractivity contribution in [3.63, 3.8) is 0 Å². The molecule has 1 aromatic rings. The summed E-state index contributed by atoms with van der Waals surface area (Å²) in [5.41, 5.74) is -3.72. The first kappa shape index (κ1) is 15.7. The number of carbonyl (C=O) groups excluding carboxylic acids is 1. The normalized spacial score (nSPS) is 9.71. The van der Waals surface area contributed by atoms with Crippen LogP contribution in [0.25, 0.3) is 0 Å². The van der Waals surface area contributed by atoms with Gasteiger partial charge in [-0.3, -0.25) is 30.3 Å². The summed E-state index contributed by atoms with van der Waals surface area (Å²) in [5.74, 6) is -0.898. The molecule has 0 unspecified atom stereocenters. The van der Waals surface area contributed by atoms with Gasteiger partial charge in [0.15, 0.2) is 0 Å². The van der Waals surface area contributed by atoms with Gasteiger partial charge in [0, 0.05) is 12.1 Å². The lowest BCUT2D eigenvalue weighted by molar-refractivity contribution is -0.441. The molecule has 0 radical (unpaired) electrons. The Morgan fingerprint density at radius 3 is 2.10 bits per heavy atom. The summed E-state index contributed by atoms with van der Waals surface area (Å²) in [6.07, 6.45) is 0.797. The number of nitro groups is 3. The molecular weight excluding hydrogens is 290 g/mol. The van der Waals surface area contributed by atoms with E-state index in [9.17, 15) is 35.1 Å². The van der Waals surface area contributed by atoms with Gasteiger partial charge >= 0.3 is 23.0 Å². The molecule has 0 heterocycles. The van der Waals surface area contributed by atoms with Gasteiger partial charge in [-0.15, -0.1) is 0 Å². The molecule has 1 rings (SSSR count). The summed E-state index contributed by atoms with van der Waals surface area (Å²) in [6.45, 7) is 2.45. The molecule has 21 heavy (non-hydrogen) atoms. The lowest BCUT2D eigenvalue weighted by Gasteiger charge is -2.04. The van der Waals surface area contributed by atoms with E-state index in [1.807, 2.05) is 0 Å². The topological polar surface area (TPSA) is 156 Å². The smallest absolute Gasteiger partial charge is 0.422 e. The Kier molecular flexibility index (Phi) is 4.62. The molecule has 0 N–H and O–H groups in total. The molecule has 11 nitrogen and oxygen atoms in total. The second-order valence-corrected chi connectivity index (χ2v) is 3.52. The third kappa shape index (κ3) is 3.34. The van der Waals surface area contributed by atoms with E-state index in [0.29, 0.717) is 0 Å². The molecule has 0 aliphatic rings. The van der Waals surface area contributed by atoms with Crippen LogP contribution in [0.1, 0.15) is 5.56 Å². The van der Waals surface area contributed by atoms with Crippen molar-refractivity contribution >= 4 is 23.0 Å². The zero-order valence-corrected chi connectivity index (χ0v) is 10.3. The summed E-state index contributed by atoms with van der Waals surface area (Å²) >= 11 is 0. The van der Waals surface area contributed by atoms with Crippen LogP contribution >= 0.6 is 0 Å². The van der Waals surface area contributed by atoms with Crippen LogP contribution in [0.3, 0.4) is 0 Å². The molecule has 0 aliphatic carbocycles. The fourth-order valence-corrected chi connectivity index (χ4v) is 1.47. The van der Waals surface area contributed by atoms with Crippen molar-refractivity contribution in [3.8, 4) is 0 Å². The van der Waals surface area contributed by atoms with Crippen LogP contribution < -0.4 is 0 Å². The minimum atomic E-state index is -1.27. The van der Waals surface area contributed by atoms with Gasteiger partial charge in [-0.05, 0) is 6.07 Å². The highest BCUT2D eigenvalue weighted by molar-refractivity contribution is 5.81. The van der Waals surface area contributed by atoms with Gasteiger partial charge < -0.3 is 4.74 Å². The molecule has 1 aromatic carbocycles. The van der Waals surface area contributed by atoms with Crippen molar-refractivity contribution in [3.05, 3.63) is 60.7 Å². The van der Waals surface area contributed by atoms with Gasteiger partial charge in [0.05, 0.1) is 20.3 Å². The van der Waals surface area contributed by atoms with Crippen LogP contribution in [0, 0.1) is 30.3 Å². The van der Waals surface area contributed by atoms with E-state index >= 15 is 0 Å². The SMILES string of the molecule is C=CC(=O)OCc1ccc([N+](=O)[O-])c([N+](=O)[O-])c1[N+](=O)[O-]. The van der Waals surface area contributed by atoms with Gasteiger partial charge in [0.2, 0.25) is 0 Å². The lowest BCUT2D eigenvalue weighted by Crippen LogP contribution is -2.07. The Labute approximate surface area is 115 Å². The molecule has 11 heteroatoms. The molecule has 0 amide bonds. The Balaban J connectivity index is 3.46. The maximum Gasteiger partial charge on any atom is 0.422 e. The molecule has 110 valence electrons. The molecule has 0 bridgehead atoms. The van der Waals surface area contributed by atoms with E-state index in [0.717, 1.165) is 18.2 Å². The zero-order valence-electron chi connectivity index (χ0n) is 10.3. The van der Waals surface area contributed by atoms with E-state index in [-0.39, 0.29) is 5.56 Å². The number of esters is 1. The van der Waals surface area contributed by atoms with Crippen molar-refractivity contribution in [1.29, 1.82) is 0 Å².